The fraction of sp³-hybridized carbons (Fsp3) is 0.941. The summed E-state index contributed by atoms with van der Waals surface area (Å²) in [6.07, 6.45) is 6.78. The van der Waals surface area contributed by atoms with Crippen LogP contribution in [0.25, 0.3) is 0 Å². The molecule has 4 saturated carbocycles. The van der Waals surface area contributed by atoms with Gasteiger partial charge in [-0.1, -0.05) is 6.92 Å². The van der Waals surface area contributed by atoms with Crippen LogP contribution >= 0.6 is 0 Å². The maximum Gasteiger partial charge on any atom is 0.240 e. The first-order valence-electron chi connectivity index (χ1n) is 8.20. The number of nitrogens with zero attached hydrogens (tertiary/aromatic N) is 1. The maximum atomic E-state index is 12.6. The highest BCUT2D eigenvalue weighted by Crippen LogP contribution is 2.59. The number of nitrogens with one attached hydrogen (secondary N) is 1. The SMILES string of the molecule is CN(C)C(C)(C)C(=O)NC1C2CC3CC1CC(C)(C3)C2.[2HH]. The quantitative estimate of drug-likeness (QED) is 0.862. The Morgan fingerprint density at radius 2 is 1.75 bits per heavy atom. The van der Waals surface area contributed by atoms with E-state index in [1.165, 1.54) is 32.1 Å². The van der Waals surface area contributed by atoms with E-state index in [2.05, 4.69) is 12.2 Å². The molecule has 0 aromatic carbocycles. The molecular formula is C17H32N2O. The molecule has 0 aromatic heterocycles. The maximum absolute atomic E-state index is 12.6. The molecule has 3 nitrogen and oxygen atoms in total. The number of rotatable bonds is 3. The third-order valence-electron chi connectivity index (χ3n) is 6.55. The van der Waals surface area contributed by atoms with E-state index < -0.39 is 5.54 Å². The van der Waals surface area contributed by atoms with Crippen LogP contribution in [0.1, 0.15) is 54.3 Å². The lowest BCUT2D eigenvalue weighted by molar-refractivity contribution is -0.136. The van der Waals surface area contributed by atoms with Gasteiger partial charge >= 0.3 is 0 Å². The van der Waals surface area contributed by atoms with Gasteiger partial charge in [-0.05, 0) is 83.2 Å². The molecular weight excluding hydrogens is 248 g/mol. The molecule has 0 heterocycles. The van der Waals surface area contributed by atoms with Crippen molar-refractivity contribution in [1.29, 1.82) is 0 Å². The fourth-order valence-corrected chi connectivity index (χ4v) is 5.20. The highest BCUT2D eigenvalue weighted by Gasteiger charge is 2.54. The topological polar surface area (TPSA) is 32.3 Å². The van der Waals surface area contributed by atoms with Crippen LogP contribution in [0, 0.1) is 23.2 Å². The Bertz CT molecular complexity index is 405. The van der Waals surface area contributed by atoms with Gasteiger partial charge in [-0.3, -0.25) is 9.69 Å². The average molecular weight is 281 g/mol. The van der Waals surface area contributed by atoms with Crippen LogP contribution in [0.15, 0.2) is 0 Å². The Morgan fingerprint density at radius 3 is 2.20 bits per heavy atom. The molecule has 1 N–H and O–H groups in total. The number of hydrogen-bond acceptors (Lipinski definition) is 2. The van der Waals surface area contributed by atoms with Gasteiger partial charge in [0.1, 0.15) is 0 Å². The van der Waals surface area contributed by atoms with E-state index in [0.29, 0.717) is 11.5 Å². The summed E-state index contributed by atoms with van der Waals surface area (Å²) < 4.78 is 0. The Kier molecular flexibility index (Phi) is 3.20. The van der Waals surface area contributed by atoms with E-state index in [9.17, 15) is 4.79 Å². The Hall–Kier alpha value is -0.570. The number of likely N-dealkylation sites (N-methyl/N-ethyl adjacent to an activating group) is 1. The van der Waals surface area contributed by atoms with Crippen molar-refractivity contribution < 1.29 is 6.22 Å². The molecule has 4 bridgehead atoms. The summed E-state index contributed by atoms with van der Waals surface area (Å²) in [6, 6.07) is 0.436. The van der Waals surface area contributed by atoms with Gasteiger partial charge in [-0.2, -0.15) is 0 Å². The van der Waals surface area contributed by atoms with E-state index in [0.717, 1.165) is 17.8 Å². The summed E-state index contributed by atoms with van der Waals surface area (Å²) in [5, 5.41) is 3.42. The number of amides is 1. The molecule has 3 heteroatoms. The molecule has 0 aromatic rings. The summed E-state index contributed by atoms with van der Waals surface area (Å²) in [4.78, 5) is 14.6. The van der Waals surface area contributed by atoms with Crippen LogP contribution in [-0.2, 0) is 4.79 Å². The molecule has 0 spiro atoms. The van der Waals surface area contributed by atoms with Gasteiger partial charge in [0, 0.05) is 7.47 Å². The van der Waals surface area contributed by atoms with Crippen LogP contribution < -0.4 is 5.32 Å². The molecule has 4 rings (SSSR count). The number of hydrogen-bond donors (Lipinski definition) is 1. The van der Waals surface area contributed by atoms with Crippen molar-refractivity contribution in [2.75, 3.05) is 14.1 Å². The molecule has 0 aliphatic heterocycles. The van der Waals surface area contributed by atoms with E-state index >= 15 is 0 Å². The third kappa shape index (κ3) is 2.18. The van der Waals surface area contributed by atoms with Crippen LogP contribution in [0.4, 0.5) is 0 Å². The van der Waals surface area contributed by atoms with E-state index in [1.54, 1.807) is 0 Å². The van der Waals surface area contributed by atoms with Crippen molar-refractivity contribution in [3.05, 3.63) is 0 Å². The second-order valence-corrected chi connectivity index (χ2v) is 8.73. The Balaban J connectivity index is 0.00000161. The molecule has 2 unspecified atom stereocenters. The average Bonchev–Trinajstić information content (AvgIpc) is 2.31. The first-order valence-corrected chi connectivity index (χ1v) is 8.20. The third-order valence-corrected chi connectivity index (χ3v) is 6.55. The smallest absolute Gasteiger partial charge is 0.240 e. The van der Waals surface area contributed by atoms with E-state index in [4.69, 9.17) is 0 Å². The van der Waals surface area contributed by atoms with Crippen LogP contribution in [0.5, 0.6) is 0 Å². The summed E-state index contributed by atoms with van der Waals surface area (Å²) >= 11 is 0. The largest absolute Gasteiger partial charge is 0.351 e. The van der Waals surface area contributed by atoms with Crippen LogP contribution in [0.2, 0.25) is 0 Å². The standard InChI is InChI=1S/C17H30N2O.H2/c1-16(2,19(4)5)15(20)18-14-12-6-11-7-13(14)10-17(3,8-11)9-12;/h11-14H,6-10H2,1-5H3,(H,18,20);1H/i;1+1. The molecule has 4 aliphatic rings. The molecule has 2 atom stereocenters. The lowest BCUT2D eigenvalue weighted by atomic mass is 9.48. The number of carbonyl (C=O) groups is 1. The zero-order valence-corrected chi connectivity index (χ0v) is 13.7. The minimum absolute atomic E-state index is 0. The first-order chi connectivity index (χ1) is 9.21. The second kappa shape index (κ2) is 4.46. The predicted molar refractivity (Wildman–Crippen MR) is 83.5 cm³/mol. The zero-order valence-electron chi connectivity index (χ0n) is 13.7. The van der Waals surface area contributed by atoms with Gasteiger partial charge < -0.3 is 5.32 Å². The fourth-order valence-electron chi connectivity index (χ4n) is 5.20. The second-order valence-electron chi connectivity index (χ2n) is 8.73. The Morgan fingerprint density at radius 1 is 1.20 bits per heavy atom. The van der Waals surface area contributed by atoms with Crippen molar-refractivity contribution in [2.45, 2.75) is 64.5 Å². The summed E-state index contributed by atoms with van der Waals surface area (Å²) in [6.45, 7) is 6.50. The van der Waals surface area contributed by atoms with Gasteiger partial charge in [0.05, 0.1) is 5.54 Å². The van der Waals surface area contributed by atoms with Gasteiger partial charge in [-0.25, -0.2) is 0 Å². The van der Waals surface area contributed by atoms with Crippen molar-refractivity contribution in [1.82, 2.24) is 10.2 Å². The summed E-state index contributed by atoms with van der Waals surface area (Å²) in [5.41, 5.74) is 0.160. The molecule has 20 heavy (non-hydrogen) atoms. The Labute approximate surface area is 125 Å². The summed E-state index contributed by atoms with van der Waals surface area (Å²) in [7, 11) is 3.97. The highest BCUT2D eigenvalue weighted by molar-refractivity contribution is 5.85. The molecule has 116 valence electrons. The molecule has 0 saturated heterocycles. The van der Waals surface area contributed by atoms with Crippen molar-refractivity contribution in [3.8, 4) is 0 Å². The summed E-state index contributed by atoms with van der Waals surface area (Å²) in [5.74, 6) is 2.60. The highest BCUT2D eigenvalue weighted by atomic mass is 16.2. The molecule has 1 amide bonds. The number of carbonyl (C=O) groups excluding carboxylic acids is 1. The van der Waals surface area contributed by atoms with Gasteiger partial charge in [0.15, 0.2) is 0 Å². The van der Waals surface area contributed by atoms with Crippen LogP contribution in [-0.4, -0.2) is 36.5 Å². The lowest BCUT2D eigenvalue weighted by Crippen LogP contribution is -2.62. The van der Waals surface area contributed by atoms with Crippen molar-refractivity contribution in [3.63, 3.8) is 0 Å². The van der Waals surface area contributed by atoms with Gasteiger partial charge in [-0.15, -0.1) is 0 Å². The molecule has 4 aliphatic carbocycles. The first kappa shape index (κ1) is 14.4. The van der Waals surface area contributed by atoms with E-state index in [1.807, 2.05) is 32.8 Å². The van der Waals surface area contributed by atoms with Crippen molar-refractivity contribution in [2.24, 2.45) is 23.2 Å². The normalized spacial score (nSPS) is 43.1. The van der Waals surface area contributed by atoms with Gasteiger partial charge in [0.2, 0.25) is 5.91 Å². The molecule has 0 radical (unpaired) electrons. The molecule has 4 fully saturated rings. The minimum Gasteiger partial charge on any atom is -0.351 e. The van der Waals surface area contributed by atoms with Crippen molar-refractivity contribution >= 4 is 5.91 Å². The van der Waals surface area contributed by atoms with Gasteiger partial charge in [0.25, 0.3) is 0 Å². The zero-order chi connectivity index (χ0) is 14.7. The van der Waals surface area contributed by atoms with E-state index in [-0.39, 0.29) is 7.33 Å². The minimum atomic E-state index is -0.418. The monoisotopic (exact) mass is 281 g/mol. The lowest BCUT2D eigenvalue weighted by Gasteiger charge is -2.59. The van der Waals surface area contributed by atoms with Crippen LogP contribution in [0.3, 0.4) is 0 Å². The predicted octanol–water partition coefficient (Wildman–Crippen LogP) is 2.90.